The van der Waals surface area contributed by atoms with Crippen molar-refractivity contribution in [1.82, 2.24) is 4.90 Å². The molecule has 0 bridgehead atoms. The molecule has 5 heteroatoms. The molecule has 1 saturated heterocycles. The van der Waals surface area contributed by atoms with E-state index in [9.17, 15) is 4.79 Å². The lowest BCUT2D eigenvalue weighted by atomic mass is 10.1. The van der Waals surface area contributed by atoms with E-state index in [1.807, 2.05) is 12.1 Å². The number of aliphatic carboxylic acids is 1. The molecule has 1 N–H and O–H groups in total. The van der Waals surface area contributed by atoms with Crippen molar-refractivity contribution in [3.05, 3.63) is 28.3 Å². The van der Waals surface area contributed by atoms with Crippen molar-refractivity contribution in [2.24, 2.45) is 0 Å². The van der Waals surface area contributed by atoms with E-state index in [4.69, 9.17) is 21.4 Å². The number of fused-ring (bicyclic) bond motifs is 1. The van der Waals surface area contributed by atoms with Gasteiger partial charge in [0, 0.05) is 29.6 Å². The van der Waals surface area contributed by atoms with Gasteiger partial charge in [-0.2, -0.15) is 0 Å². The average Bonchev–Trinajstić information content (AvgIpc) is 2.98. The summed E-state index contributed by atoms with van der Waals surface area (Å²) in [6.45, 7) is 2.38. The van der Waals surface area contributed by atoms with Crippen LogP contribution in [0.3, 0.4) is 0 Å². The minimum atomic E-state index is -0.727. The number of hydrogen-bond donors (Lipinski definition) is 1. The van der Waals surface area contributed by atoms with Gasteiger partial charge in [0.05, 0.1) is 13.0 Å². The lowest BCUT2D eigenvalue weighted by Crippen LogP contribution is -2.31. The third-order valence-corrected chi connectivity index (χ3v) is 4.33. The minimum Gasteiger partial charge on any atom is -0.493 e. The van der Waals surface area contributed by atoms with Gasteiger partial charge in [-0.3, -0.25) is 9.69 Å². The average molecular weight is 296 g/mol. The van der Waals surface area contributed by atoms with E-state index in [1.165, 1.54) is 5.56 Å². The maximum atomic E-state index is 10.9. The van der Waals surface area contributed by atoms with Crippen LogP contribution in [0.5, 0.6) is 5.75 Å². The molecule has 1 aromatic carbocycles. The number of carbonyl (C=O) groups is 1. The van der Waals surface area contributed by atoms with Crippen molar-refractivity contribution in [3.63, 3.8) is 0 Å². The third kappa shape index (κ3) is 2.76. The third-order valence-electron chi connectivity index (χ3n) is 4.11. The van der Waals surface area contributed by atoms with Gasteiger partial charge in [-0.25, -0.2) is 0 Å². The molecular weight excluding hydrogens is 278 g/mol. The molecule has 108 valence electrons. The van der Waals surface area contributed by atoms with Crippen molar-refractivity contribution in [2.75, 3.05) is 13.2 Å². The summed E-state index contributed by atoms with van der Waals surface area (Å²) in [6, 6.07) is 4.04. The predicted octanol–water partition coefficient (Wildman–Crippen LogP) is 2.71. The number of ether oxygens (including phenoxy) is 1. The first-order valence-electron chi connectivity index (χ1n) is 7.03. The Balaban J connectivity index is 1.79. The Hall–Kier alpha value is -1.26. The molecule has 0 amide bonds. The van der Waals surface area contributed by atoms with Gasteiger partial charge in [0.2, 0.25) is 0 Å². The van der Waals surface area contributed by atoms with Crippen LogP contribution in [0.25, 0.3) is 0 Å². The number of benzene rings is 1. The summed E-state index contributed by atoms with van der Waals surface area (Å²) in [6.07, 6.45) is 3.13. The summed E-state index contributed by atoms with van der Waals surface area (Å²) in [7, 11) is 0. The maximum Gasteiger partial charge on any atom is 0.304 e. The Labute approximate surface area is 123 Å². The van der Waals surface area contributed by atoms with Crippen LogP contribution in [0.15, 0.2) is 12.1 Å². The predicted molar refractivity (Wildman–Crippen MR) is 76.3 cm³/mol. The Kier molecular flexibility index (Phi) is 3.85. The van der Waals surface area contributed by atoms with Crippen LogP contribution in [-0.4, -0.2) is 35.2 Å². The van der Waals surface area contributed by atoms with Crippen LogP contribution in [0.1, 0.15) is 30.4 Å². The highest BCUT2D eigenvalue weighted by Gasteiger charge is 2.28. The van der Waals surface area contributed by atoms with E-state index in [0.29, 0.717) is 6.61 Å². The fourth-order valence-corrected chi connectivity index (χ4v) is 3.48. The second-order valence-electron chi connectivity index (χ2n) is 5.52. The van der Waals surface area contributed by atoms with E-state index in [1.54, 1.807) is 0 Å². The Morgan fingerprint density at radius 1 is 1.50 bits per heavy atom. The fourth-order valence-electron chi connectivity index (χ4n) is 3.22. The zero-order chi connectivity index (χ0) is 14.1. The zero-order valence-corrected chi connectivity index (χ0v) is 12.0. The summed E-state index contributed by atoms with van der Waals surface area (Å²) in [4.78, 5) is 13.2. The number of hydrogen-bond acceptors (Lipinski definition) is 3. The van der Waals surface area contributed by atoms with Gasteiger partial charge >= 0.3 is 5.97 Å². The lowest BCUT2D eigenvalue weighted by Gasteiger charge is -2.24. The van der Waals surface area contributed by atoms with Crippen LogP contribution >= 0.6 is 11.6 Å². The van der Waals surface area contributed by atoms with E-state index in [-0.39, 0.29) is 12.5 Å². The van der Waals surface area contributed by atoms with Crippen molar-refractivity contribution in [3.8, 4) is 5.75 Å². The molecule has 1 aromatic rings. The van der Waals surface area contributed by atoms with Crippen LogP contribution in [0.4, 0.5) is 0 Å². The van der Waals surface area contributed by atoms with E-state index < -0.39 is 5.97 Å². The molecule has 0 saturated carbocycles. The monoisotopic (exact) mass is 295 g/mol. The summed E-state index contributed by atoms with van der Waals surface area (Å²) in [5.74, 6) is 0.227. The quantitative estimate of drug-likeness (QED) is 0.928. The second-order valence-corrected chi connectivity index (χ2v) is 5.95. The molecule has 2 aliphatic heterocycles. The number of likely N-dealkylation sites (tertiary alicyclic amines) is 1. The first-order valence-corrected chi connectivity index (χ1v) is 7.41. The Morgan fingerprint density at radius 2 is 2.35 bits per heavy atom. The maximum absolute atomic E-state index is 10.9. The van der Waals surface area contributed by atoms with Gasteiger partial charge in [0.15, 0.2) is 0 Å². The van der Waals surface area contributed by atoms with Gasteiger partial charge in [0.1, 0.15) is 5.75 Å². The number of rotatable bonds is 4. The first-order chi connectivity index (χ1) is 9.63. The van der Waals surface area contributed by atoms with E-state index in [2.05, 4.69) is 4.90 Å². The number of carboxylic acids is 1. The number of nitrogens with zero attached hydrogens (tertiary/aromatic N) is 1. The molecule has 2 aliphatic rings. The summed E-state index contributed by atoms with van der Waals surface area (Å²) < 4.78 is 5.71. The summed E-state index contributed by atoms with van der Waals surface area (Å²) in [5, 5.41) is 9.72. The molecule has 0 radical (unpaired) electrons. The standard InChI is InChI=1S/C15H18ClNO3/c16-12-6-10-3-5-20-15(10)11(7-12)9-17-4-1-2-13(17)8-14(18)19/h6-7,13H,1-5,8-9H2,(H,18,19). The molecule has 0 aromatic heterocycles. The van der Waals surface area contributed by atoms with Crippen molar-refractivity contribution in [2.45, 2.75) is 38.3 Å². The van der Waals surface area contributed by atoms with Crippen LogP contribution in [-0.2, 0) is 17.8 Å². The first kappa shape index (κ1) is 13.7. The summed E-state index contributed by atoms with van der Waals surface area (Å²) in [5.41, 5.74) is 2.25. The van der Waals surface area contributed by atoms with Gasteiger partial charge in [-0.05, 0) is 37.1 Å². The normalized spacial score (nSPS) is 21.8. The summed E-state index contributed by atoms with van der Waals surface area (Å²) >= 11 is 6.17. The highest BCUT2D eigenvalue weighted by molar-refractivity contribution is 6.30. The molecule has 0 aliphatic carbocycles. The lowest BCUT2D eigenvalue weighted by molar-refractivity contribution is -0.138. The molecule has 1 fully saturated rings. The molecule has 1 unspecified atom stereocenters. The highest BCUT2D eigenvalue weighted by atomic mass is 35.5. The number of carboxylic acid groups (broad SMARTS) is 1. The van der Waals surface area contributed by atoms with Crippen LogP contribution in [0, 0.1) is 0 Å². The van der Waals surface area contributed by atoms with Gasteiger partial charge < -0.3 is 9.84 Å². The van der Waals surface area contributed by atoms with Crippen LogP contribution in [0.2, 0.25) is 5.02 Å². The molecule has 3 rings (SSSR count). The van der Waals surface area contributed by atoms with Crippen molar-refractivity contribution >= 4 is 17.6 Å². The minimum absolute atomic E-state index is 0.128. The van der Waals surface area contributed by atoms with Crippen molar-refractivity contribution in [1.29, 1.82) is 0 Å². The molecule has 4 nitrogen and oxygen atoms in total. The molecule has 20 heavy (non-hydrogen) atoms. The molecular formula is C15H18ClNO3. The van der Waals surface area contributed by atoms with Gasteiger partial charge in [-0.15, -0.1) is 0 Å². The largest absolute Gasteiger partial charge is 0.493 e. The zero-order valence-electron chi connectivity index (χ0n) is 11.3. The molecule has 2 heterocycles. The highest BCUT2D eigenvalue weighted by Crippen LogP contribution is 2.35. The number of halogens is 1. The SMILES string of the molecule is O=C(O)CC1CCCN1Cc1cc(Cl)cc2c1OCC2. The van der Waals surface area contributed by atoms with Crippen LogP contribution < -0.4 is 4.74 Å². The smallest absolute Gasteiger partial charge is 0.304 e. The van der Waals surface area contributed by atoms with Crippen molar-refractivity contribution < 1.29 is 14.6 Å². The topological polar surface area (TPSA) is 49.8 Å². The second kappa shape index (κ2) is 5.62. The Bertz CT molecular complexity index is 532. The molecule has 0 spiro atoms. The fraction of sp³-hybridized carbons (Fsp3) is 0.533. The van der Waals surface area contributed by atoms with Gasteiger partial charge in [0.25, 0.3) is 0 Å². The van der Waals surface area contributed by atoms with E-state index in [0.717, 1.165) is 48.7 Å². The van der Waals surface area contributed by atoms with Gasteiger partial charge in [-0.1, -0.05) is 11.6 Å². The molecule has 1 atom stereocenters. The van der Waals surface area contributed by atoms with E-state index >= 15 is 0 Å². The Morgan fingerprint density at radius 3 is 3.15 bits per heavy atom.